The summed E-state index contributed by atoms with van der Waals surface area (Å²) in [4.78, 5) is 15.5. The van der Waals surface area contributed by atoms with Crippen LogP contribution in [-0.2, 0) is 0 Å². The van der Waals surface area contributed by atoms with E-state index in [-0.39, 0.29) is 0 Å². The zero-order valence-corrected chi connectivity index (χ0v) is 9.71. The van der Waals surface area contributed by atoms with Gasteiger partial charge in [-0.3, -0.25) is 0 Å². The molecule has 1 aromatic carbocycles. The maximum atomic E-state index is 5.97. The molecule has 0 aliphatic rings. The Labute approximate surface area is 103 Å². The third kappa shape index (κ3) is 1.64. The summed E-state index contributed by atoms with van der Waals surface area (Å²) in [5, 5.41) is 0. The van der Waals surface area contributed by atoms with E-state index in [1.165, 1.54) is 6.33 Å². The van der Waals surface area contributed by atoms with E-state index in [1.54, 1.807) is 19.4 Å². The van der Waals surface area contributed by atoms with Crippen LogP contribution in [0.3, 0.4) is 0 Å². The van der Waals surface area contributed by atoms with Crippen molar-refractivity contribution in [2.24, 2.45) is 0 Å². The maximum Gasteiger partial charge on any atom is 0.181 e. The van der Waals surface area contributed by atoms with E-state index < -0.39 is 0 Å². The third-order valence-corrected chi connectivity index (χ3v) is 2.68. The first-order chi connectivity index (χ1) is 8.78. The number of hydrogen-bond donors (Lipinski definition) is 2. The molecule has 0 fully saturated rings. The summed E-state index contributed by atoms with van der Waals surface area (Å²) in [6.07, 6.45) is 3.14. The molecule has 3 rings (SSSR count). The number of H-pyrrole nitrogens is 1. The summed E-state index contributed by atoms with van der Waals surface area (Å²) < 4.78 is 5.11. The lowest BCUT2D eigenvalue weighted by molar-refractivity contribution is 0.415. The van der Waals surface area contributed by atoms with Gasteiger partial charge in [-0.25, -0.2) is 15.0 Å². The Morgan fingerprint density at radius 2 is 2.22 bits per heavy atom. The lowest BCUT2D eigenvalue weighted by Crippen LogP contribution is -1.93. The molecule has 0 bridgehead atoms. The number of rotatable bonds is 2. The number of nitrogen functional groups attached to an aromatic ring is 1. The van der Waals surface area contributed by atoms with E-state index in [2.05, 4.69) is 19.9 Å². The minimum Gasteiger partial charge on any atom is -0.497 e. The number of nitrogens with one attached hydrogen (secondary N) is 1. The molecule has 90 valence electrons. The van der Waals surface area contributed by atoms with Crippen LogP contribution in [0.15, 0.2) is 30.7 Å². The van der Waals surface area contributed by atoms with Crippen molar-refractivity contribution < 1.29 is 4.74 Å². The lowest BCUT2D eigenvalue weighted by Gasteiger charge is -2.05. The molecule has 0 saturated heterocycles. The molecule has 3 N–H and O–H groups in total. The molecule has 18 heavy (non-hydrogen) atoms. The first-order valence-corrected chi connectivity index (χ1v) is 5.37. The standard InChI is InChI=1S/C12H11N5O/c1-18-7-2-3-8(9(13)4-7)11-16-10-5-14-6-15-12(10)17-11/h2-6H,13H2,1H3,(H,14,15,16,17). The number of nitrogens with two attached hydrogens (primary N) is 1. The fourth-order valence-electron chi connectivity index (χ4n) is 1.77. The van der Waals surface area contributed by atoms with Gasteiger partial charge in [0.1, 0.15) is 23.4 Å². The maximum absolute atomic E-state index is 5.97. The van der Waals surface area contributed by atoms with Gasteiger partial charge < -0.3 is 15.5 Å². The zero-order chi connectivity index (χ0) is 12.5. The SMILES string of the molecule is COc1ccc(-c2nc3ncncc3[nH]2)c(N)c1. The number of fused-ring (bicyclic) bond motifs is 1. The highest BCUT2D eigenvalue weighted by Crippen LogP contribution is 2.28. The fourth-order valence-corrected chi connectivity index (χ4v) is 1.77. The Morgan fingerprint density at radius 3 is 2.94 bits per heavy atom. The normalized spacial score (nSPS) is 10.7. The van der Waals surface area contributed by atoms with Gasteiger partial charge >= 0.3 is 0 Å². The minimum atomic E-state index is 0.598. The Kier molecular flexibility index (Phi) is 2.33. The fraction of sp³-hybridized carbons (Fsp3) is 0.0833. The molecule has 0 unspecified atom stereocenters. The number of hydrogen-bond acceptors (Lipinski definition) is 5. The zero-order valence-electron chi connectivity index (χ0n) is 9.71. The third-order valence-electron chi connectivity index (χ3n) is 2.68. The van der Waals surface area contributed by atoms with E-state index in [1.807, 2.05) is 12.1 Å². The van der Waals surface area contributed by atoms with Crippen molar-refractivity contribution >= 4 is 16.9 Å². The number of aromatic nitrogens is 4. The number of benzene rings is 1. The Hall–Kier alpha value is -2.63. The summed E-state index contributed by atoms with van der Waals surface area (Å²) in [6.45, 7) is 0. The van der Waals surface area contributed by atoms with E-state index in [9.17, 15) is 0 Å². The van der Waals surface area contributed by atoms with E-state index in [0.717, 1.165) is 11.1 Å². The molecule has 2 aromatic heterocycles. The molecule has 6 nitrogen and oxygen atoms in total. The highest BCUT2D eigenvalue weighted by atomic mass is 16.5. The molecule has 0 aliphatic heterocycles. The van der Waals surface area contributed by atoms with Crippen molar-refractivity contribution in [3.05, 3.63) is 30.7 Å². The van der Waals surface area contributed by atoms with Crippen LogP contribution in [0.25, 0.3) is 22.6 Å². The number of imidazole rings is 1. The molecular weight excluding hydrogens is 230 g/mol. The first-order valence-electron chi connectivity index (χ1n) is 5.37. The highest BCUT2D eigenvalue weighted by Gasteiger charge is 2.09. The van der Waals surface area contributed by atoms with Gasteiger partial charge in [0.15, 0.2) is 5.65 Å². The Bertz CT molecular complexity index is 674. The van der Waals surface area contributed by atoms with Crippen molar-refractivity contribution in [1.29, 1.82) is 0 Å². The molecule has 0 aliphatic carbocycles. The van der Waals surface area contributed by atoms with Gasteiger partial charge in [0, 0.05) is 17.3 Å². The van der Waals surface area contributed by atoms with Crippen LogP contribution in [0, 0.1) is 0 Å². The van der Waals surface area contributed by atoms with E-state index >= 15 is 0 Å². The smallest absolute Gasteiger partial charge is 0.181 e. The van der Waals surface area contributed by atoms with Crippen molar-refractivity contribution in [2.45, 2.75) is 0 Å². The number of ether oxygens (including phenoxy) is 1. The van der Waals surface area contributed by atoms with Crippen LogP contribution in [-0.4, -0.2) is 27.0 Å². The van der Waals surface area contributed by atoms with Crippen LogP contribution in [0.5, 0.6) is 5.75 Å². The number of anilines is 1. The van der Waals surface area contributed by atoms with Crippen LogP contribution in [0.1, 0.15) is 0 Å². The summed E-state index contributed by atoms with van der Waals surface area (Å²) >= 11 is 0. The topological polar surface area (TPSA) is 89.7 Å². The quantitative estimate of drug-likeness (QED) is 0.665. The largest absolute Gasteiger partial charge is 0.497 e. The monoisotopic (exact) mass is 241 g/mol. The second-order valence-corrected chi connectivity index (χ2v) is 3.80. The predicted octanol–water partition coefficient (Wildman–Crippen LogP) is 1.61. The molecule has 0 spiro atoms. The molecule has 0 amide bonds. The van der Waals surface area contributed by atoms with Crippen LogP contribution in [0.4, 0.5) is 5.69 Å². The lowest BCUT2D eigenvalue weighted by atomic mass is 10.1. The van der Waals surface area contributed by atoms with Gasteiger partial charge in [-0.05, 0) is 12.1 Å². The van der Waals surface area contributed by atoms with Crippen LogP contribution in [0.2, 0.25) is 0 Å². The highest BCUT2D eigenvalue weighted by molar-refractivity contribution is 5.80. The van der Waals surface area contributed by atoms with Crippen molar-refractivity contribution in [2.75, 3.05) is 12.8 Å². The van der Waals surface area contributed by atoms with Gasteiger partial charge in [-0.15, -0.1) is 0 Å². The molecule has 2 heterocycles. The van der Waals surface area contributed by atoms with E-state index in [4.69, 9.17) is 10.5 Å². The summed E-state index contributed by atoms with van der Waals surface area (Å²) in [7, 11) is 1.60. The second-order valence-electron chi connectivity index (χ2n) is 3.80. The molecular formula is C12H11N5O. The average molecular weight is 241 g/mol. The average Bonchev–Trinajstić information content (AvgIpc) is 2.81. The number of methoxy groups -OCH3 is 1. The second kappa shape index (κ2) is 3.99. The van der Waals surface area contributed by atoms with Crippen molar-refractivity contribution in [3.8, 4) is 17.1 Å². The molecule has 0 radical (unpaired) electrons. The number of aromatic amines is 1. The minimum absolute atomic E-state index is 0.598. The molecule has 0 atom stereocenters. The Balaban J connectivity index is 2.14. The first kappa shape index (κ1) is 10.5. The van der Waals surface area contributed by atoms with Gasteiger partial charge in [-0.1, -0.05) is 0 Å². The van der Waals surface area contributed by atoms with Gasteiger partial charge in [0.2, 0.25) is 0 Å². The summed E-state index contributed by atoms with van der Waals surface area (Å²) in [5.41, 5.74) is 8.79. The molecule has 6 heteroatoms. The van der Waals surface area contributed by atoms with Crippen LogP contribution < -0.4 is 10.5 Å². The van der Waals surface area contributed by atoms with Gasteiger partial charge in [0.25, 0.3) is 0 Å². The number of nitrogens with zero attached hydrogens (tertiary/aromatic N) is 3. The predicted molar refractivity (Wildman–Crippen MR) is 68.1 cm³/mol. The Morgan fingerprint density at radius 1 is 1.33 bits per heavy atom. The summed E-state index contributed by atoms with van der Waals surface area (Å²) in [6, 6.07) is 5.46. The van der Waals surface area contributed by atoms with Crippen molar-refractivity contribution in [1.82, 2.24) is 19.9 Å². The van der Waals surface area contributed by atoms with Gasteiger partial charge in [-0.2, -0.15) is 0 Å². The van der Waals surface area contributed by atoms with E-state index in [0.29, 0.717) is 22.9 Å². The van der Waals surface area contributed by atoms with Crippen molar-refractivity contribution in [3.63, 3.8) is 0 Å². The van der Waals surface area contributed by atoms with Gasteiger partial charge in [0.05, 0.1) is 13.3 Å². The molecule has 3 aromatic rings. The molecule has 0 saturated carbocycles. The summed E-state index contributed by atoms with van der Waals surface area (Å²) in [5.74, 6) is 1.39. The van der Waals surface area contributed by atoms with Crippen LogP contribution >= 0.6 is 0 Å².